The van der Waals surface area contributed by atoms with Crippen molar-refractivity contribution in [1.82, 2.24) is 5.32 Å². The molecule has 1 aromatic carbocycles. The summed E-state index contributed by atoms with van der Waals surface area (Å²) in [5, 5.41) is 3.71. The third kappa shape index (κ3) is 4.55. The smallest absolute Gasteiger partial charge is 0.0637 e. The fraction of sp³-hybridized carbons (Fsp3) is 0.684. The Labute approximate surface area is 130 Å². The molecule has 2 heteroatoms. The molecule has 0 saturated heterocycles. The molecule has 2 rings (SSSR count). The van der Waals surface area contributed by atoms with Crippen molar-refractivity contribution in [3.63, 3.8) is 0 Å². The summed E-state index contributed by atoms with van der Waals surface area (Å²) in [6.45, 7) is 8.81. The molecule has 1 N–H and O–H groups in total. The van der Waals surface area contributed by atoms with Crippen LogP contribution in [0.3, 0.4) is 0 Å². The van der Waals surface area contributed by atoms with E-state index in [-0.39, 0.29) is 5.60 Å². The van der Waals surface area contributed by atoms with E-state index in [9.17, 15) is 0 Å². The molecule has 1 aliphatic carbocycles. The molecule has 0 aliphatic heterocycles. The van der Waals surface area contributed by atoms with Crippen LogP contribution in [0.15, 0.2) is 18.2 Å². The summed E-state index contributed by atoms with van der Waals surface area (Å²) < 4.78 is 5.53. The second-order valence-electron chi connectivity index (χ2n) is 7.19. The molecule has 2 atom stereocenters. The van der Waals surface area contributed by atoms with Gasteiger partial charge in [-0.3, -0.25) is 0 Å². The zero-order valence-electron chi connectivity index (χ0n) is 14.3. The minimum Gasteiger partial charge on any atom is -0.379 e. The van der Waals surface area contributed by atoms with Crippen molar-refractivity contribution in [3.8, 4) is 0 Å². The van der Waals surface area contributed by atoms with Gasteiger partial charge in [-0.1, -0.05) is 18.2 Å². The third-order valence-corrected chi connectivity index (χ3v) is 4.76. The topological polar surface area (TPSA) is 21.3 Å². The predicted octanol–water partition coefficient (Wildman–Crippen LogP) is 4.42. The normalized spacial score (nSPS) is 18.1. The molecular weight excluding hydrogens is 258 g/mol. The lowest BCUT2D eigenvalue weighted by Crippen LogP contribution is -2.37. The highest BCUT2D eigenvalue weighted by Crippen LogP contribution is 2.25. The molecular formula is C19H31NO. The van der Waals surface area contributed by atoms with Crippen LogP contribution in [0, 0.1) is 0 Å². The predicted molar refractivity (Wildman–Crippen MR) is 89.8 cm³/mol. The average molecular weight is 289 g/mol. The average Bonchev–Trinajstić information content (AvgIpc) is 2.46. The lowest BCUT2D eigenvalue weighted by Gasteiger charge is -2.29. The molecule has 0 fully saturated rings. The first-order valence-electron chi connectivity index (χ1n) is 8.34. The van der Waals surface area contributed by atoms with Gasteiger partial charge in [0.05, 0.1) is 5.60 Å². The van der Waals surface area contributed by atoms with Crippen LogP contribution in [-0.2, 0) is 17.6 Å². The van der Waals surface area contributed by atoms with E-state index in [1.807, 2.05) is 0 Å². The highest BCUT2D eigenvalue weighted by molar-refractivity contribution is 5.35. The minimum atomic E-state index is -0.0675. The van der Waals surface area contributed by atoms with Crippen LogP contribution in [0.4, 0.5) is 0 Å². The first-order chi connectivity index (χ1) is 9.91. The van der Waals surface area contributed by atoms with E-state index in [1.165, 1.54) is 31.2 Å². The zero-order valence-corrected chi connectivity index (χ0v) is 14.3. The van der Waals surface area contributed by atoms with Crippen LogP contribution >= 0.6 is 0 Å². The summed E-state index contributed by atoms with van der Waals surface area (Å²) in [6.07, 6.45) is 6.22. The molecule has 0 radical (unpaired) electrons. The monoisotopic (exact) mass is 289 g/mol. The van der Waals surface area contributed by atoms with Crippen LogP contribution in [0.1, 0.15) is 69.7 Å². The van der Waals surface area contributed by atoms with E-state index in [1.54, 1.807) is 18.2 Å². The van der Waals surface area contributed by atoms with Gasteiger partial charge in [0.1, 0.15) is 0 Å². The van der Waals surface area contributed by atoms with Gasteiger partial charge >= 0.3 is 0 Å². The van der Waals surface area contributed by atoms with Crippen LogP contribution < -0.4 is 5.32 Å². The van der Waals surface area contributed by atoms with E-state index in [0.717, 1.165) is 6.42 Å². The van der Waals surface area contributed by atoms with Crippen molar-refractivity contribution < 1.29 is 4.74 Å². The summed E-state index contributed by atoms with van der Waals surface area (Å²) in [6, 6.07) is 7.88. The Bertz CT molecular complexity index is 467. The second-order valence-corrected chi connectivity index (χ2v) is 7.19. The number of nitrogens with one attached hydrogen (secondary N) is 1. The lowest BCUT2D eigenvalue weighted by molar-refractivity contribution is 0.00782. The highest BCUT2D eigenvalue weighted by atomic mass is 16.5. The van der Waals surface area contributed by atoms with Gasteiger partial charge in [-0.15, -0.1) is 0 Å². The van der Waals surface area contributed by atoms with Gasteiger partial charge in [-0.25, -0.2) is 0 Å². The molecule has 21 heavy (non-hydrogen) atoms. The summed E-state index contributed by atoms with van der Waals surface area (Å²) in [4.78, 5) is 0. The number of hydrogen-bond donors (Lipinski definition) is 1. The van der Waals surface area contributed by atoms with Crippen LogP contribution in [0.2, 0.25) is 0 Å². The van der Waals surface area contributed by atoms with Gasteiger partial charge in [0.15, 0.2) is 0 Å². The number of fused-ring (bicyclic) bond motifs is 1. The first-order valence-corrected chi connectivity index (χ1v) is 8.34. The molecule has 1 aliphatic rings. The maximum absolute atomic E-state index is 5.53. The minimum absolute atomic E-state index is 0.0675. The number of aryl methyl sites for hydroxylation is 2. The molecule has 0 bridgehead atoms. The molecule has 0 saturated carbocycles. The Balaban J connectivity index is 1.98. The number of rotatable bonds is 6. The van der Waals surface area contributed by atoms with E-state index in [4.69, 9.17) is 4.74 Å². The van der Waals surface area contributed by atoms with Gasteiger partial charge in [-0.2, -0.15) is 0 Å². The SMILES string of the molecule is COC(C)(C)CC(C)NC(C)c1ccc2c(c1)CCCC2. The van der Waals surface area contributed by atoms with Crippen molar-refractivity contribution >= 4 is 0 Å². The molecule has 118 valence electrons. The third-order valence-electron chi connectivity index (χ3n) is 4.76. The van der Waals surface area contributed by atoms with Crippen LogP contribution in [0.5, 0.6) is 0 Å². The molecule has 1 aromatic rings. The Morgan fingerprint density at radius 1 is 1.14 bits per heavy atom. The van der Waals surface area contributed by atoms with Crippen LogP contribution in [0.25, 0.3) is 0 Å². The molecule has 0 spiro atoms. The number of benzene rings is 1. The van der Waals surface area contributed by atoms with Crippen molar-refractivity contribution in [2.24, 2.45) is 0 Å². The van der Waals surface area contributed by atoms with Gasteiger partial charge in [-0.05, 0) is 76.5 Å². The van der Waals surface area contributed by atoms with E-state index >= 15 is 0 Å². The molecule has 0 amide bonds. The van der Waals surface area contributed by atoms with Crippen molar-refractivity contribution in [1.29, 1.82) is 0 Å². The highest BCUT2D eigenvalue weighted by Gasteiger charge is 2.21. The maximum Gasteiger partial charge on any atom is 0.0637 e. The summed E-state index contributed by atoms with van der Waals surface area (Å²) in [5.74, 6) is 0. The Kier molecular flexibility index (Phi) is 5.45. The second kappa shape index (κ2) is 6.93. The Morgan fingerprint density at radius 2 is 1.81 bits per heavy atom. The zero-order chi connectivity index (χ0) is 15.5. The van der Waals surface area contributed by atoms with Gasteiger partial charge < -0.3 is 10.1 Å². The standard InChI is InChI=1S/C19H31NO/c1-14(13-19(3,4)21-5)20-15(2)17-11-10-16-8-6-7-9-18(16)12-17/h10-12,14-15,20H,6-9,13H2,1-5H3. The van der Waals surface area contributed by atoms with Gasteiger partial charge in [0.2, 0.25) is 0 Å². The number of methoxy groups -OCH3 is 1. The quantitative estimate of drug-likeness (QED) is 0.837. The molecule has 0 aromatic heterocycles. The Morgan fingerprint density at radius 3 is 2.48 bits per heavy atom. The van der Waals surface area contributed by atoms with E-state index in [2.05, 4.69) is 51.2 Å². The van der Waals surface area contributed by atoms with E-state index in [0.29, 0.717) is 12.1 Å². The summed E-state index contributed by atoms with van der Waals surface area (Å²) in [7, 11) is 1.79. The van der Waals surface area contributed by atoms with Crippen LogP contribution in [-0.4, -0.2) is 18.8 Å². The fourth-order valence-electron chi connectivity index (χ4n) is 3.43. The lowest BCUT2D eigenvalue weighted by atomic mass is 9.89. The largest absolute Gasteiger partial charge is 0.379 e. The van der Waals surface area contributed by atoms with Gasteiger partial charge in [0, 0.05) is 19.2 Å². The molecule has 2 nitrogen and oxygen atoms in total. The van der Waals surface area contributed by atoms with Crippen molar-refractivity contribution in [3.05, 3.63) is 34.9 Å². The molecule has 0 heterocycles. The Hall–Kier alpha value is -0.860. The number of ether oxygens (including phenoxy) is 1. The van der Waals surface area contributed by atoms with Crippen molar-refractivity contribution in [2.45, 2.75) is 77.5 Å². The van der Waals surface area contributed by atoms with Crippen molar-refractivity contribution in [2.75, 3.05) is 7.11 Å². The molecule has 2 unspecified atom stereocenters. The summed E-state index contributed by atoms with van der Waals surface area (Å²) >= 11 is 0. The summed E-state index contributed by atoms with van der Waals surface area (Å²) in [5.41, 5.74) is 4.47. The van der Waals surface area contributed by atoms with E-state index < -0.39 is 0 Å². The number of hydrogen-bond acceptors (Lipinski definition) is 2. The maximum atomic E-state index is 5.53. The first kappa shape index (κ1) is 16.5. The van der Waals surface area contributed by atoms with Gasteiger partial charge in [0.25, 0.3) is 0 Å². The fourth-order valence-corrected chi connectivity index (χ4v) is 3.43.